The molecule has 2 rings (SSSR count). The molecule has 0 bridgehead atoms. The first-order valence-electron chi connectivity index (χ1n) is 3.71. The van der Waals surface area contributed by atoms with Gasteiger partial charge in [-0.2, -0.15) is 0 Å². The van der Waals surface area contributed by atoms with Crippen LogP contribution in [0.15, 0.2) is 36.5 Å². The average Bonchev–Trinajstić information content (AvgIpc) is 2.17. The Kier molecular flexibility index (Phi) is 1.84. The summed E-state index contributed by atoms with van der Waals surface area (Å²) in [6.45, 7) is 0. The summed E-state index contributed by atoms with van der Waals surface area (Å²) in [5.74, 6) is 0. The van der Waals surface area contributed by atoms with Gasteiger partial charge in [0.1, 0.15) is 0 Å². The normalized spacial score (nSPS) is 10.0. The van der Waals surface area contributed by atoms with Crippen molar-refractivity contribution in [1.29, 1.82) is 0 Å². The summed E-state index contributed by atoms with van der Waals surface area (Å²) in [4.78, 5) is 4.17. The molecule has 0 aliphatic heterocycles. The minimum absolute atomic E-state index is 0.878. The van der Waals surface area contributed by atoms with Gasteiger partial charge >= 0.3 is 0 Å². The molecule has 0 atom stereocenters. The van der Waals surface area contributed by atoms with E-state index >= 15 is 0 Å². The predicted octanol–water partition coefficient (Wildman–Crippen LogP) is 2.58. The molecule has 0 radical (unpaired) electrons. The Morgan fingerprint density at radius 3 is 2.83 bits per heavy atom. The third-order valence-electron chi connectivity index (χ3n) is 1.82. The number of rotatable bonds is 1. The van der Waals surface area contributed by atoms with E-state index in [9.17, 15) is 0 Å². The molecule has 1 heterocycles. The zero-order valence-electron chi connectivity index (χ0n) is 6.40. The van der Waals surface area contributed by atoms with Crippen molar-refractivity contribution in [2.24, 2.45) is 0 Å². The van der Waals surface area contributed by atoms with Crippen molar-refractivity contribution in [3.63, 3.8) is 0 Å². The van der Waals surface area contributed by atoms with E-state index in [4.69, 9.17) is 12.2 Å². The van der Waals surface area contributed by atoms with Crippen molar-refractivity contribution in [2.75, 3.05) is 0 Å². The van der Waals surface area contributed by atoms with Crippen LogP contribution in [0.25, 0.3) is 10.8 Å². The molecule has 0 spiro atoms. The Balaban J connectivity index is 2.88. The summed E-state index contributed by atoms with van der Waals surface area (Å²) >= 11 is 4.86. The highest BCUT2D eigenvalue weighted by molar-refractivity contribution is 7.79. The number of hydrogen-bond acceptors (Lipinski definition) is 2. The fourth-order valence-corrected chi connectivity index (χ4v) is 1.42. The quantitative estimate of drug-likeness (QED) is 0.615. The molecule has 0 aliphatic rings. The maximum atomic E-state index is 4.86. The number of nitrogens with zero attached hydrogens (tertiary/aromatic N) is 1. The Morgan fingerprint density at radius 2 is 2.00 bits per heavy atom. The average molecular weight is 173 g/mol. The summed E-state index contributed by atoms with van der Waals surface area (Å²) in [5.41, 5.74) is 0.878. The van der Waals surface area contributed by atoms with Gasteiger partial charge in [0.2, 0.25) is 0 Å². The van der Waals surface area contributed by atoms with Crippen LogP contribution in [0.5, 0.6) is 0 Å². The molecular formula is C10H7NS. The zero-order valence-corrected chi connectivity index (χ0v) is 7.21. The number of aromatic nitrogens is 1. The first kappa shape index (κ1) is 7.37. The van der Waals surface area contributed by atoms with Crippen LogP contribution in [-0.2, 0) is 0 Å². The van der Waals surface area contributed by atoms with Crippen LogP contribution >= 0.6 is 12.2 Å². The maximum absolute atomic E-state index is 4.86. The minimum atomic E-state index is 0.878. The van der Waals surface area contributed by atoms with E-state index in [2.05, 4.69) is 11.1 Å². The van der Waals surface area contributed by atoms with Gasteiger partial charge in [-0.05, 0) is 11.5 Å². The summed E-state index contributed by atoms with van der Waals surface area (Å²) in [6, 6.07) is 10.1. The fraction of sp³-hybridized carbons (Fsp3) is 0. The van der Waals surface area contributed by atoms with Gasteiger partial charge in [0.25, 0.3) is 0 Å². The summed E-state index contributed by atoms with van der Waals surface area (Å²) < 4.78 is 0. The summed E-state index contributed by atoms with van der Waals surface area (Å²) in [7, 11) is 0. The Morgan fingerprint density at radius 1 is 1.17 bits per heavy atom. The monoisotopic (exact) mass is 173 g/mol. The fourth-order valence-electron chi connectivity index (χ4n) is 1.24. The van der Waals surface area contributed by atoms with E-state index in [-0.39, 0.29) is 0 Å². The highest BCUT2D eigenvalue weighted by Gasteiger charge is 1.96. The molecule has 1 aromatic carbocycles. The van der Waals surface area contributed by atoms with E-state index < -0.39 is 0 Å². The first-order valence-corrected chi connectivity index (χ1v) is 4.18. The SMILES string of the molecule is S=Cc1nccc2ccccc12. The molecule has 2 aromatic rings. The topological polar surface area (TPSA) is 12.9 Å². The zero-order chi connectivity index (χ0) is 8.39. The third-order valence-corrected chi connectivity index (χ3v) is 2.04. The molecule has 0 unspecified atom stereocenters. The number of pyridine rings is 1. The molecule has 1 aromatic heterocycles. The van der Waals surface area contributed by atoms with Gasteiger partial charge in [-0.1, -0.05) is 36.5 Å². The predicted molar refractivity (Wildman–Crippen MR) is 54.5 cm³/mol. The van der Waals surface area contributed by atoms with Crippen LogP contribution in [-0.4, -0.2) is 10.4 Å². The molecule has 58 valence electrons. The lowest BCUT2D eigenvalue weighted by molar-refractivity contribution is 1.35. The van der Waals surface area contributed by atoms with E-state index in [1.807, 2.05) is 24.3 Å². The highest BCUT2D eigenvalue weighted by atomic mass is 32.1. The molecule has 12 heavy (non-hydrogen) atoms. The third kappa shape index (κ3) is 1.10. The van der Waals surface area contributed by atoms with Crippen LogP contribution in [0.1, 0.15) is 5.69 Å². The minimum Gasteiger partial charge on any atom is -0.255 e. The largest absolute Gasteiger partial charge is 0.255 e. The molecule has 0 saturated heterocycles. The van der Waals surface area contributed by atoms with Crippen LogP contribution in [0.2, 0.25) is 0 Å². The van der Waals surface area contributed by atoms with E-state index in [0.717, 1.165) is 11.1 Å². The van der Waals surface area contributed by atoms with Gasteiger partial charge in [0.15, 0.2) is 0 Å². The van der Waals surface area contributed by atoms with Crippen molar-refractivity contribution >= 4 is 28.4 Å². The van der Waals surface area contributed by atoms with Gasteiger partial charge in [-0.3, -0.25) is 4.98 Å². The standard InChI is InChI=1S/C10H7NS/c12-7-10-9-4-2-1-3-8(9)5-6-11-10/h1-7H. The van der Waals surface area contributed by atoms with Gasteiger partial charge in [-0.25, -0.2) is 0 Å². The van der Waals surface area contributed by atoms with Gasteiger partial charge in [0.05, 0.1) is 5.69 Å². The van der Waals surface area contributed by atoms with Crippen molar-refractivity contribution in [1.82, 2.24) is 4.98 Å². The van der Waals surface area contributed by atoms with Crippen LogP contribution in [0, 0.1) is 0 Å². The second kappa shape index (κ2) is 2.99. The van der Waals surface area contributed by atoms with Crippen LogP contribution in [0.3, 0.4) is 0 Å². The van der Waals surface area contributed by atoms with Crippen molar-refractivity contribution in [3.05, 3.63) is 42.2 Å². The van der Waals surface area contributed by atoms with Crippen molar-refractivity contribution in [2.45, 2.75) is 0 Å². The van der Waals surface area contributed by atoms with Gasteiger partial charge in [0, 0.05) is 17.0 Å². The number of hydrogen-bond donors (Lipinski definition) is 0. The maximum Gasteiger partial charge on any atom is 0.0815 e. The molecule has 0 amide bonds. The summed E-state index contributed by atoms with van der Waals surface area (Å²) in [6.07, 6.45) is 1.78. The molecule has 0 aliphatic carbocycles. The number of benzene rings is 1. The number of thiocarbonyl (C=S) groups is 1. The molecule has 1 nitrogen and oxygen atoms in total. The van der Waals surface area contributed by atoms with Gasteiger partial charge < -0.3 is 0 Å². The molecule has 2 heteroatoms. The Hall–Kier alpha value is -1.28. The molecule has 0 N–H and O–H groups in total. The van der Waals surface area contributed by atoms with E-state index in [1.54, 1.807) is 11.6 Å². The smallest absolute Gasteiger partial charge is 0.0815 e. The van der Waals surface area contributed by atoms with E-state index in [0.29, 0.717) is 0 Å². The molecule has 0 saturated carbocycles. The molecule has 0 fully saturated rings. The lowest BCUT2D eigenvalue weighted by Gasteiger charge is -1.98. The number of fused-ring (bicyclic) bond motifs is 1. The second-order valence-corrected chi connectivity index (χ2v) is 2.77. The van der Waals surface area contributed by atoms with Gasteiger partial charge in [-0.15, -0.1) is 0 Å². The highest BCUT2D eigenvalue weighted by Crippen LogP contribution is 2.14. The lowest BCUT2D eigenvalue weighted by Crippen LogP contribution is -1.86. The Bertz CT molecular complexity index is 418. The van der Waals surface area contributed by atoms with E-state index in [1.165, 1.54) is 5.39 Å². The first-order chi connectivity index (χ1) is 5.92. The molecular weight excluding hydrogens is 166 g/mol. The van der Waals surface area contributed by atoms with Crippen LogP contribution in [0.4, 0.5) is 0 Å². The Labute approximate surface area is 76.1 Å². The lowest BCUT2D eigenvalue weighted by atomic mass is 10.1. The van der Waals surface area contributed by atoms with Crippen LogP contribution < -0.4 is 0 Å². The van der Waals surface area contributed by atoms with Crippen molar-refractivity contribution < 1.29 is 0 Å². The summed E-state index contributed by atoms with van der Waals surface area (Å²) in [5, 5.41) is 3.92. The second-order valence-electron chi connectivity index (χ2n) is 2.54. The van der Waals surface area contributed by atoms with Crippen molar-refractivity contribution in [3.8, 4) is 0 Å².